The van der Waals surface area contributed by atoms with Crippen LogP contribution in [0.3, 0.4) is 0 Å². The van der Waals surface area contributed by atoms with Gasteiger partial charge >= 0.3 is 29.3 Å². The van der Waals surface area contributed by atoms with E-state index >= 15 is 0 Å². The van der Waals surface area contributed by atoms with Gasteiger partial charge < -0.3 is 45.6 Å². The first-order valence-corrected chi connectivity index (χ1v) is 16.2. The zero-order chi connectivity index (χ0) is 34.3. The summed E-state index contributed by atoms with van der Waals surface area (Å²) in [5, 5.41) is 41.1. The standard InChI is InChI=1S/C28H51N9O10/c1-3-46-24(41)31-6-5-30-15-21(38)18-35-25(42)36(19-22(39)16-32-9-7-29-8-10-32)27(44)37(26(35)43)20-23(40)17-33-11-13-34(14-12-33)28(45)47-4-2/h21-23,29-30,38-40H,3-20H2,1-2H3,(H,31,41). The third-order valence-electron chi connectivity index (χ3n) is 7.84. The average Bonchev–Trinajstić information content (AvgIpc) is 3.04. The fourth-order valence-corrected chi connectivity index (χ4v) is 5.48. The van der Waals surface area contributed by atoms with Crippen LogP contribution in [0.2, 0.25) is 0 Å². The lowest BCUT2D eigenvalue weighted by Crippen LogP contribution is -2.58. The molecule has 0 spiro atoms. The van der Waals surface area contributed by atoms with E-state index in [-0.39, 0.29) is 52.5 Å². The number of piperazine rings is 2. The highest BCUT2D eigenvalue weighted by molar-refractivity contribution is 5.67. The summed E-state index contributed by atoms with van der Waals surface area (Å²) in [6, 6.07) is 0. The quantitative estimate of drug-likeness (QED) is 0.0855. The van der Waals surface area contributed by atoms with Crippen LogP contribution in [-0.4, -0.2) is 173 Å². The molecule has 2 saturated heterocycles. The molecule has 3 heterocycles. The van der Waals surface area contributed by atoms with Crippen molar-refractivity contribution in [3.05, 3.63) is 31.5 Å². The minimum atomic E-state index is -1.23. The highest BCUT2D eigenvalue weighted by atomic mass is 16.6. The van der Waals surface area contributed by atoms with Crippen LogP contribution < -0.4 is 33.0 Å². The number of aliphatic hydroxyl groups excluding tert-OH is 3. The van der Waals surface area contributed by atoms with Crippen molar-refractivity contribution in [1.29, 1.82) is 0 Å². The first-order chi connectivity index (χ1) is 22.5. The first kappa shape index (κ1) is 38.1. The maximum absolute atomic E-state index is 13.5. The summed E-state index contributed by atoms with van der Waals surface area (Å²) in [5.74, 6) is 0. The van der Waals surface area contributed by atoms with Crippen LogP contribution in [0, 0.1) is 0 Å². The van der Waals surface area contributed by atoms with Crippen molar-refractivity contribution in [2.45, 2.75) is 51.8 Å². The highest BCUT2D eigenvalue weighted by Gasteiger charge is 2.26. The van der Waals surface area contributed by atoms with Crippen molar-refractivity contribution in [3.8, 4) is 0 Å². The molecule has 3 atom stereocenters. The van der Waals surface area contributed by atoms with Crippen molar-refractivity contribution in [3.63, 3.8) is 0 Å². The average molecular weight is 674 g/mol. The molecule has 2 aliphatic heterocycles. The van der Waals surface area contributed by atoms with Crippen molar-refractivity contribution in [2.24, 2.45) is 0 Å². The van der Waals surface area contributed by atoms with Gasteiger partial charge in [-0.3, -0.25) is 9.80 Å². The van der Waals surface area contributed by atoms with Crippen molar-refractivity contribution in [2.75, 3.05) is 98.3 Å². The maximum atomic E-state index is 13.5. The van der Waals surface area contributed by atoms with Crippen molar-refractivity contribution in [1.82, 2.24) is 44.4 Å². The molecule has 6 N–H and O–H groups in total. The number of ether oxygens (including phenoxy) is 2. The Hall–Kier alpha value is -3.33. The fourth-order valence-electron chi connectivity index (χ4n) is 5.48. The summed E-state index contributed by atoms with van der Waals surface area (Å²) < 4.78 is 12.1. The molecule has 47 heavy (non-hydrogen) atoms. The normalized spacial score (nSPS) is 18.0. The molecule has 3 rings (SSSR count). The van der Waals surface area contributed by atoms with Gasteiger partial charge in [-0.1, -0.05) is 0 Å². The monoisotopic (exact) mass is 673 g/mol. The van der Waals surface area contributed by atoms with Gasteiger partial charge in [0.1, 0.15) is 0 Å². The molecule has 2 amide bonds. The summed E-state index contributed by atoms with van der Waals surface area (Å²) in [5.41, 5.74) is -2.95. The Labute approximate surface area is 272 Å². The summed E-state index contributed by atoms with van der Waals surface area (Å²) in [7, 11) is 0. The number of rotatable bonds is 17. The van der Waals surface area contributed by atoms with E-state index in [4.69, 9.17) is 9.47 Å². The summed E-state index contributed by atoms with van der Waals surface area (Å²) in [6.07, 6.45) is -4.50. The van der Waals surface area contributed by atoms with Gasteiger partial charge in [0.15, 0.2) is 0 Å². The van der Waals surface area contributed by atoms with Gasteiger partial charge in [0.05, 0.1) is 51.2 Å². The number of nitrogens with zero attached hydrogens (tertiary/aromatic N) is 6. The van der Waals surface area contributed by atoms with Gasteiger partial charge in [0.2, 0.25) is 0 Å². The van der Waals surface area contributed by atoms with Crippen LogP contribution >= 0.6 is 0 Å². The van der Waals surface area contributed by atoms with Crippen LogP contribution in [-0.2, 0) is 29.1 Å². The molecule has 0 bridgehead atoms. The molecule has 3 unspecified atom stereocenters. The highest BCUT2D eigenvalue weighted by Crippen LogP contribution is 2.05. The van der Waals surface area contributed by atoms with Gasteiger partial charge in [-0.15, -0.1) is 0 Å². The Morgan fingerprint density at radius 2 is 1.19 bits per heavy atom. The minimum Gasteiger partial charge on any atom is -0.450 e. The third kappa shape index (κ3) is 12.0. The number of carbonyl (C=O) groups excluding carboxylic acids is 2. The van der Waals surface area contributed by atoms with Crippen LogP contribution in [0.5, 0.6) is 0 Å². The van der Waals surface area contributed by atoms with E-state index in [9.17, 15) is 39.3 Å². The van der Waals surface area contributed by atoms with Crippen LogP contribution in [0.4, 0.5) is 9.59 Å². The Balaban J connectivity index is 1.73. The molecule has 0 aliphatic carbocycles. The lowest BCUT2D eigenvalue weighted by atomic mass is 10.2. The Bertz CT molecular complexity index is 1300. The predicted molar refractivity (Wildman–Crippen MR) is 169 cm³/mol. The van der Waals surface area contributed by atoms with E-state index < -0.39 is 60.7 Å². The second kappa shape index (κ2) is 19.5. The predicted octanol–water partition coefficient (Wildman–Crippen LogP) is -4.73. The number of alkyl carbamates (subject to hydrolysis) is 1. The minimum absolute atomic E-state index is 0.0401. The SMILES string of the molecule is CCOC(=O)NCCNCC(O)Cn1c(=O)n(CC(O)CN2CCNCC2)c(=O)n(CC(O)CN2CCN(C(=O)OCC)CC2)c1=O. The molecule has 0 radical (unpaired) electrons. The maximum Gasteiger partial charge on any atom is 0.409 e. The second-order valence-corrected chi connectivity index (χ2v) is 11.5. The summed E-state index contributed by atoms with van der Waals surface area (Å²) in [6.45, 7) is 7.88. The van der Waals surface area contributed by atoms with E-state index in [1.54, 1.807) is 18.7 Å². The zero-order valence-corrected chi connectivity index (χ0v) is 27.3. The molecule has 1 aromatic rings. The third-order valence-corrected chi connectivity index (χ3v) is 7.84. The number of β-amino-alcohol motifs (C(OH)–C–C–N with tert-alkyl or cyclic N) is 2. The second-order valence-electron chi connectivity index (χ2n) is 11.5. The smallest absolute Gasteiger partial charge is 0.409 e. The molecule has 2 fully saturated rings. The number of hydrogen-bond donors (Lipinski definition) is 6. The lowest BCUT2D eigenvalue weighted by molar-refractivity contribution is 0.0514. The molecule has 19 nitrogen and oxygen atoms in total. The van der Waals surface area contributed by atoms with Gasteiger partial charge in [-0.25, -0.2) is 37.7 Å². The molecule has 0 aromatic carbocycles. The van der Waals surface area contributed by atoms with Gasteiger partial charge in [0.25, 0.3) is 0 Å². The fraction of sp³-hybridized carbons (Fsp3) is 0.821. The van der Waals surface area contributed by atoms with Crippen molar-refractivity contribution < 1.29 is 34.4 Å². The van der Waals surface area contributed by atoms with E-state index in [0.29, 0.717) is 39.3 Å². The molecule has 2 aliphatic rings. The van der Waals surface area contributed by atoms with E-state index in [2.05, 4.69) is 16.0 Å². The Kier molecular flexibility index (Phi) is 15.8. The van der Waals surface area contributed by atoms with Gasteiger partial charge in [-0.2, -0.15) is 0 Å². The van der Waals surface area contributed by atoms with Crippen LogP contribution in [0.1, 0.15) is 13.8 Å². The Morgan fingerprint density at radius 1 is 0.702 bits per heavy atom. The summed E-state index contributed by atoms with van der Waals surface area (Å²) >= 11 is 0. The number of nitrogens with one attached hydrogen (secondary N) is 3. The summed E-state index contributed by atoms with van der Waals surface area (Å²) in [4.78, 5) is 69.3. The number of hydrogen-bond acceptors (Lipinski definition) is 14. The number of aromatic nitrogens is 3. The molecule has 268 valence electrons. The first-order valence-electron chi connectivity index (χ1n) is 16.2. The van der Waals surface area contributed by atoms with E-state index in [0.717, 1.165) is 26.8 Å². The van der Waals surface area contributed by atoms with Crippen LogP contribution in [0.25, 0.3) is 0 Å². The molecular formula is C28H51N9O10. The van der Waals surface area contributed by atoms with Gasteiger partial charge in [-0.05, 0) is 13.8 Å². The van der Waals surface area contributed by atoms with E-state index in [1.165, 1.54) is 0 Å². The Morgan fingerprint density at radius 3 is 1.70 bits per heavy atom. The molecule has 19 heteroatoms. The largest absolute Gasteiger partial charge is 0.450 e. The van der Waals surface area contributed by atoms with Crippen molar-refractivity contribution >= 4 is 12.2 Å². The molecule has 1 aromatic heterocycles. The van der Waals surface area contributed by atoms with E-state index in [1.807, 2.05) is 9.80 Å². The number of carbonyl (C=O) groups is 2. The van der Waals surface area contributed by atoms with Crippen LogP contribution in [0.15, 0.2) is 14.4 Å². The zero-order valence-electron chi connectivity index (χ0n) is 27.3. The topological polar surface area (TPSA) is 225 Å². The van der Waals surface area contributed by atoms with Gasteiger partial charge in [0, 0.05) is 85.1 Å². The molecule has 0 saturated carbocycles. The number of aliphatic hydroxyl groups is 3. The number of amides is 2. The lowest BCUT2D eigenvalue weighted by Gasteiger charge is -2.35. The molecular weight excluding hydrogens is 622 g/mol.